The average Bonchev–Trinajstić information content (AvgIpc) is 3.44. The third kappa shape index (κ3) is 5.75. The first-order valence-corrected chi connectivity index (χ1v) is 12.0. The van der Waals surface area contributed by atoms with Crippen LogP contribution in [0, 0.1) is 6.92 Å². The highest BCUT2D eigenvalue weighted by atomic mass is 32.2. The van der Waals surface area contributed by atoms with Gasteiger partial charge in [-0.2, -0.15) is 11.3 Å². The molecule has 0 saturated carbocycles. The Kier molecular flexibility index (Phi) is 7.06. The molecule has 162 valence electrons. The molecule has 1 N–H and O–H groups in total. The number of amides is 2. The summed E-state index contributed by atoms with van der Waals surface area (Å²) >= 11 is 3.37. The van der Waals surface area contributed by atoms with E-state index in [2.05, 4.69) is 27.3 Å². The van der Waals surface area contributed by atoms with Crippen LogP contribution in [0.25, 0.3) is 0 Å². The summed E-state index contributed by atoms with van der Waals surface area (Å²) in [6.07, 6.45) is 0. The molecule has 0 radical (unpaired) electrons. The highest BCUT2D eigenvalue weighted by Crippen LogP contribution is 2.28. The molecular formula is C22H24N4O3S2. The molecule has 31 heavy (non-hydrogen) atoms. The van der Waals surface area contributed by atoms with E-state index in [1.807, 2.05) is 34.1 Å². The summed E-state index contributed by atoms with van der Waals surface area (Å²) in [5, 5.41) is 10.7. The van der Waals surface area contributed by atoms with E-state index in [1.165, 1.54) is 5.56 Å². The van der Waals surface area contributed by atoms with Crippen LogP contribution in [0.2, 0.25) is 0 Å². The normalized spacial score (nSPS) is 14.5. The summed E-state index contributed by atoms with van der Waals surface area (Å²) in [6, 6.07) is 11.6. The third-order valence-electron chi connectivity index (χ3n) is 5.01. The second kappa shape index (κ2) is 10.1. The van der Waals surface area contributed by atoms with Crippen molar-refractivity contribution in [2.45, 2.75) is 17.6 Å². The number of hydrogen-bond acceptors (Lipinski definition) is 7. The van der Waals surface area contributed by atoms with E-state index in [0.29, 0.717) is 37.8 Å². The number of carbonyl (C=O) groups excluding carboxylic acids is 2. The van der Waals surface area contributed by atoms with Gasteiger partial charge in [-0.3, -0.25) is 14.5 Å². The summed E-state index contributed by atoms with van der Waals surface area (Å²) in [6.45, 7) is 4.54. The van der Waals surface area contributed by atoms with Gasteiger partial charge in [-0.15, -0.1) is 11.8 Å². The maximum Gasteiger partial charge on any atom is 0.255 e. The molecule has 0 atom stereocenters. The van der Waals surface area contributed by atoms with Crippen molar-refractivity contribution in [2.75, 3.05) is 38.0 Å². The van der Waals surface area contributed by atoms with E-state index in [4.69, 9.17) is 4.52 Å². The Labute approximate surface area is 189 Å². The molecule has 3 aromatic rings. The maximum absolute atomic E-state index is 13.2. The molecular weight excluding hydrogens is 432 g/mol. The molecule has 2 aromatic heterocycles. The van der Waals surface area contributed by atoms with Crippen LogP contribution in [-0.4, -0.2) is 59.5 Å². The molecule has 0 spiro atoms. The van der Waals surface area contributed by atoms with Crippen molar-refractivity contribution in [3.8, 4) is 0 Å². The molecule has 1 aromatic carbocycles. The Hall–Kier alpha value is -2.62. The Bertz CT molecular complexity index is 1030. The molecule has 1 aliphatic rings. The van der Waals surface area contributed by atoms with E-state index >= 15 is 0 Å². The number of rotatable bonds is 7. The van der Waals surface area contributed by atoms with Crippen molar-refractivity contribution in [3.63, 3.8) is 0 Å². The van der Waals surface area contributed by atoms with Gasteiger partial charge in [0.05, 0.1) is 12.1 Å². The number of thiophene rings is 1. The van der Waals surface area contributed by atoms with Gasteiger partial charge in [0.2, 0.25) is 5.91 Å². The van der Waals surface area contributed by atoms with Crippen molar-refractivity contribution in [2.24, 2.45) is 0 Å². The molecule has 0 unspecified atom stereocenters. The molecule has 9 heteroatoms. The van der Waals surface area contributed by atoms with E-state index in [0.717, 1.165) is 16.2 Å². The number of piperazine rings is 1. The number of aromatic nitrogens is 1. The van der Waals surface area contributed by atoms with Crippen LogP contribution in [-0.2, 0) is 10.5 Å². The molecule has 7 nitrogen and oxygen atoms in total. The average molecular weight is 457 g/mol. The lowest BCUT2D eigenvalue weighted by molar-refractivity contribution is -0.117. The monoisotopic (exact) mass is 456 g/mol. The van der Waals surface area contributed by atoms with Crippen molar-refractivity contribution in [3.05, 3.63) is 64.0 Å². The lowest BCUT2D eigenvalue weighted by Crippen LogP contribution is -2.50. The van der Waals surface area contributed by atoms with Crippen LogP contribution in [0.5, 0.6) is 0 Å². The standard InChI is InChI=1S/C22H24N4O3S2/c1-16-12-20(24-29-16)23-21(27)13-25-7-9-26(10-8-25)22(28)18-4-2-3-5-19(18)31-15-17-6-11-30-14-17/h2-6,11-12,14H,7-10,13,15H2,1H3,(H,23,24,27). The molecule has 1 fully saturated rings. The van der Waals surface area contributed by atoms with Gasteiger partial charge in [0.25, 0.3) is 5.91 Å². The molecule has 0 aliphatic carbocycles. The van der Waals surface area contributed by atoms with Crippen LogP contribution in [0.3, 0.4) is 0 Å². The summed E-state index contributed by atoms with van der Waals surface area (Å²) in [5.74, 6) is 1.84. The number of hydrogen-bond donors (Lipinski definition) is 1. The van der Waals surface area contributed by atoms with Crippen LogP contribution in [0.15, 0.2) is 56.6 Å². The fourth-order valence-corrected chi connectivity index (χ4v) is 5.16. The van der Waals surface area contributed by atoms with E-state index in [-0.39, 0.29) is 18.4 Å². The molecule has 2 amide bonds. The fraction of sp³-hybridized carbons (Fsp3) is 0.318. The summed E-state index contributed by atoms with van der Waals surface area (Å²) < 4.78 is 4.96. The lowest BCUT2D eigenvalue weighted by Gasteiger charge is -2.34. The Morgan fingerprint density at radius 2 is 2.00 bits per heavy atom. The highest BCUT2D eigenvalue weighted by molar-refractivity contribution is 7.98. The second-order valence-electron chi connectivity index (χ2n) is 7.36. The van der Waals surface area contributed by atoms with Gasteiger partial charge in [-0.1, -0.05) is 17.3 Å². The van der Waals surface area contributed by atoms with Gasteiger partial charge >= 0.3 is 0 Å². The molecule has 0 bridgehead atoms. The zero-order valence-electron chi connectivity index (χ0n) is 17.2. The molecule has 3 heterocycles. The quantitative estimate of drug-likeness (QED) is 0.546. The number of nitrogens with one attached hydrogen (secondary N) is 1. The van der Waals surface area contributed by atoms with Crippen molar-refractivity contribution >= 4 is 40.7 Å². The van der Waals surface area contributed by atoms with Crippen LogP contribution in [0.1, 0.15) is 21.7 Å². The second-order valence-corrected chi connectivity index (χ2v) is 9.15. The number of nitrogens with zero attached hydrogens (tertiary/aromatic N) is 3. The first-order valence-electron chi connectivity index (χ1n) is 10.1. The largest absolute Gasteiger partial charge is 0.360 e. The summed E-state index contributed by atoms with van der Waals surface area (Å²) in [4.78, 5) is 30.3. The predicted molar refractivity (Wildman–Crippen MR) is 123 cm³/mol. The summed E-state index contributed by atoms with van der Waals surface area (Å²) in [5.41, 5.74) is 2.01. The Morgan fingerprint density at radius 3 is 2.71 bits per heavy atom. The zero-order valence-corrected chi connectivity index (χ0v) is 18.9. The first-order chi connectivity index (χ1) is 15.1. The zero-order chi connectivity index (χ0) is 21.6. The molecule has 4 rings (SSSR count). The third-order valence-corrected chi connectivity index (χ3v) is 6.89. The topological polar surface area (TPSA) is 78.7 Å². The van der Waals surface area contributed by atoms with Crippen LogP contribution >= 0.6 is 23.1 Å². The van der Waals surface area contributed by atoms with Gasteiger partial charge < -0.3 is 14.7 Å². The SMILES string of the molecule is Cc1cc(NC(=O)CN2CCN(C(=O)c3ccccc3SCc3ccsc3)CC2)no1. The lowest BCUT2D eigenvalue weighted by atomic mass is 10.2. The minimum atomic E-state index is -0.136. The Balaban J connectivity index is 1.29. The van der Waals surface area contributed by atoms with Gasteiger partial charge in [0.15, 0.2) is 5.82 Å². The van der Waals surface area contributed by atoms with Crippen molar-refractivity contribution < 1.29 is 14.1 Å². The van der Waals surface area contributed by atoms with E-state index in [1.54, 1.807) is 36.1 Å². The number of benzene rings is 1. The first kappa shape index (κ1) is 21.6. The smallest absolute Gasteiger partial charge is 0.255 e. The maximum atomic E-state index is 13.2. The minimum absolute atomic E-state index is 0.0515. The van der Waals surface area contributed by atoms with E-state index in [9.17, 15) is 9.59 Å². The molecule has 1 saturated heterocycles. The minimum Gasteiger partial charge on any atom is -0.360 e. The predicted octanol–water partition coefficient (Wildman–Crippen LogP) is 3.73. The van der Waals surface area contributed by atoms with Crippen LogP contribution in [0.4, 0.5) is 5.82 Å². The number of carbonyl (C=O) groups is 2. The highest BCUT2D eigenvalue weighted by Gasteiger charge is 2.25. The fourth-order valence-electron chi connectivity index (χ4n) is 3.40. The Morgan fingerprint density at radius 1 is 1.19 bits per heavy atom. The number of thioether (sulfide) groups is 1. The van der Waals surface area contributed by atoms with E-state index < -0.39 is 0 Å². The van der Waals surface area contributed by atoms with Gasteiger partial charge in [-0.05, 0) is 41.4 Å². The van der Waals surface area contributed by atoms with Crippen molar-refractivity contribution in [1.82, 2.24) is 15.0 Å². The van der Waals surface area contributed by atoms with Crippen molar-refractivity contribution in [1.29, 1.82) is 0 Å². The summed E-state index contributed by atoms with van der Waals surface area (Å²) in [7, 11) is 0. The van der Waals surface area contributed by atoms with Gasteiger partial charge in [-0.25, -0.2) is 0 Å². The number of anilines is 1. The van der Waals surface area contributed by atoms with Crippen LogP contribution < -0.4 is 5.32 Å². The number of aryl methyl sites for hydroxylation is 1. The molecule has 1 aliphatic heterocycles. The van der Waals surface area contributed by atoms with Gasteiger partial charge in [0.1, 0.15) is 5.76 Å². The van der Waals surface area contributed by atoms with Gasteiger partial charge in [0, 0.05) is 42.9 Å².